The van der Waals surface area contributed by atoms with Gasteiger partial charge in [0.15, 0.2) is 0 Å². The van der Waals surface area contributed by atoms with E-state index in [1.807, 2.05) is 30.3 Å². The molecule has 1 aromatic carbocycles. The molecule has 0 radical (unpaired) electrons. The van der Waals surface area contributed by atoms with Gasteiger partial charge in [-0.1, -0.05) is 36.4 Å². The van der Waals surface area contributed by atoms with Crippen LogP contribution in [0.4, 0.5) is 4.79 Å². The van der Waals surface area contributed by atoms with Crippen molar-refractivity contribution in [3.63, 3.8) is 0 Å². The van der Waals surface area contributed by atoms with Crippen molar-refractivity contribution in [1.29, 1.82) is 0 Å². The number of benzene rings is 1. The lowest BCUT2D eigenvalue weighted by molar-refractivity contribution is 0.0540. The van der Waals surface area contributed by atoms with Gasteiger partial charge in [0, 0.05) is 12.6 Å². The Morgan fingerprint density at radius 3 is 2.57 bits per heavy atom. The van der Waals surface area contributed by atoms with Crippen molar-refractivity contribution in [3.05, 3.63) is 48.6 Å². The van der Waals surface area contributed by atoms with Gasteiger partial charge in [-0.3, -0.25) is 0 Å². The van der Waals surface area contributed by atoms with Crippen molar-refractivity contribution in [3.8, 4) is 0 Å². The second-order valence-corrected chi connectivity index (χ2v) is 5.44. The molecule has 1 fully saturated rings. The van der Waals surface area contributed by atoms with E-state index < -0.39 is 0 Å². The highest BCUT2D eigenvalue weighted by Crippen LogP contribution is 2.23. The minimum atomic E-state index is -0.305. The molecule has 0 aromatic heterocycles. The van der Waals surface area contributed by atoms with E-state index in [2.05, 4.69) is 6.58 Å². The monoisotopic (exact) mass is 289 g/mol. The number of carbonyl (C=O) groups excluding carboxylic acids is 1. The van der Waals surface area contributed by atoms with Crippen molar-refractivity contribution in [2.75, 3.05) is 6.54 Å². The van der Waals surface area contributed by atoms with Crippen LogP contribution >= 0.6 is 0 Å². The Balaban J connectivity index is 1.90. The molecule has 1 saturated carbocycles. The summed E-state index contributed by atoms with van der Waals surface area (Å²) in [4.78, 5) is 14.0. The molecule has 0 bridgehead atoms. The quantitative estimate of drug-likeness (QED) is 0.847. The fraction of sp³-hybridized carbons (Fsp3) is 0.471. The lowest BCUT2D eigenvalue weighted by Gasteiger charge is -2.34. The molecule has 1 N–H and O–H groups in total. The van der Waals surface area contributed by atoms with E-state index in [9.17, 15) is 9.90 Å². The smallest absolute Gasteiger partial charge is 0.410 e. The van der Waals surface area contributed by atoms with Crippen LogP contribution in [0.2, 0.25) is 0 Å². The third-order valence-corrected chi connectivity index (χ3v) is 3.87. The van der Waals surface area contributed by atoms with Crippen LogP contribution in [-0.4, -0.2) is 34.8 Å². The van der Waals surface area contributed by atoms with Crippen LogP contribution in [-0.2, 0) is 11.3 Å². The van der Waals surface area contributed by atoms with E-state index in [0.29, 0.717) is 6.54 Å². The summed E-state index contributed by atoms with van der Waals surface area (Å²) in [5.41, 5.74) is 0.975. The molecular weight excluding hydrogens is 266 g/mol. The number of hydrogen-bond acceptors (Lipinski definition) is 3. The minimum Gasteiger partial charge on any atom is -0.445 e. The number of carbonyl (C=O) groups is 1. The zero-order valence-corrected chi connectivity index (χ0v) is 12.3. The Kier molecular flexibility index (Phi) is 5.81. The molecule has 4 heteroatoms. The summed E-state index contributed by atoms with van der Waals surface area (Å²) in [6, 6.07) is 9.78. The summed E-state index contributed by atoms with van der Waals surface area (Å²) in [5.74, 6) is 0. The zero-order valence-electron chi connectivity index (χ0n) is 12.3. The summed E-state index contributed by atoms with van der Waals surface area (Å²) < 4.78 is 5.40. The van der Waals surface area contributed by atoms with Crippen molar-refractivity contribution in [2.24, 2.45) is 0 Å². The first-order chi connectivity index (χ1) is 10.2. The normalized spacial score (nSPS) is 21.6. The number of aliphatic hydroxyl groups is 1. The van der Waals surface area contributed by atoms with Gasteiger partial charge in [0.05, 0.1) is 6.10 Å². The number of nitrogens with zero attached hydrogens (tertiary/aromatic N) is 1. The molecule has 0 unspecified atom stereocenters. The van der Waals surface area contributed by atoms with E-state index in [1.165, 1.54) is 0 Å². The second-order valence-electron chi connectivity index (χ2n) is 5.44. The van der Waals surface area contributed by atoms with E-state index in [0.717, 1.165) is 31.2 Å². The SMILES string of the molecule is C=CCN(C(=O)OCc1ccccc1)C1CCC(O)CC1. The van der Waals surface area contributed by atoms with Gasteiger partial charge in [0.1, 0.15) is 6.61 Å². The van der Waals surface area contributed by atoms with Gasteiger partial charge in [-0.05, 0) is 31.2 Å². The third kappa shape index (κ3) is 4.60. The van der Waals surface area contributed by atoms with Crippen LogP contribution in [0.15, 0.2) is 43.0 Å². The highest BCUT2D eigenvalue weighted by molar-refractivity contribution is 5.68. The average Bonchev–Trinajstić information content (AvgIpc) is 2.52. The molecule has 2 rings (SSSR count). The summed E-state index contributed by atoms with van der Waals surface area (Å²) in [6.07, 6.45) is 4.29. The Labute approximate surface area is 126 Å². The van der Waals surface area contributed by atoms with Gasteiger partial charge in [0.2, 0.25) is 0 Å². The number of aliphatic hydroxyl groups excluding tert-OH is 1. The standard InChI is InChI=1S/C17H23NO3/c1-2-12-18(15-8-10-16(19)11-9-15)17(20)21-13-14-6-4-3-5-7-14/h2-7,15-16,19H,1,8-13H2. The summed E-state index contributed by atoms with van der Waals surface area (Å²) in [5, 5.41) is 9.57. The molecule has 0 heterocycles. The van der Waals surface area contributed by atoms with E-state index in [-0.39, 0.29) is 24.8 Å². The predicted molar refractivity (Wildman–Crippen MR) is 81.8 cm³/mol. The molecule has 1 aliphatic carbocycles. The predicted octanol–water partition coefficient (Wildman–Crippen LogP) is 3.11. The van der Waals surface area contributed by atoms with Gasteiger partial charge >= 0.3 is 6.09 Å². The van der Waals surface area contributed by atoms with Crippen LogP contribution in [0.5, 0.6) is 0 Å². The Morgan fingerprint density at radius 2 is 1.95 bits per heavy atom. The maximum absolute atomic E-state index is 12.3. The molecule has 1 amide bonds. The molecule has 21 heavy (non-hydrogen) atoms. The molecule has 0 atom stereocenters. The molecule has 0 saturated heterocycles. The van der Waals surface area contributed by atoms with Crippen LogP contribution in [0, 0.1) is 0 Å². The van der Waals surface area contributed by atoms with E-state index in [4.69, 9.17) is 4.74 Å². The molecule has 0 spiro atoms. The Hall–Kier alpha value is -1.81. The highest BCUT2D eigenvalue weighted by atomic mass is 16.6. The number of ether oxygens (including phenoxy) is 1. The number of amides is 1. The van der Waals surface area contributed by atoms with Gasteiger partial charge in [-0.2, -0.15) is 0 Å². The minimum absolute atomic E-state index is 0.134. The summed E-state index contributed by atoms with van der Waals surface area (Å²) in [7, 11) is 0. The first kappa shape index (κ1) is 15.6. The van der Waals surface area contributed by atoms with Crippen molar-refractivity contribution in [2.45, 2.75) is 44.4 Å². The lowest BCUT2D eigenvalue weighted by Crippen LogP contribution is -2.43. The summed E-state index contributed by atoms with van der Waals surface area (Å²) in [6.45, 7) is 4.47. The summed E-state index contributed by atoms with van der Waals surface area (Å²) >= 11 is 0. The Morgan fingerprint density at radius 1 is 1.29 bits per heavy atom. The van der Waals surface area contributed by atoms with Crippen LogP contribution in [0.3, 0.4) is 0 Å². The van der Waals surface area contributed by atoms with Gasteiger partial charge in [-0.15, -0.1) is 6.58 Å². The molecule has 114 valence electrons. The molecule has 0 aliphatic heterocycles. The maximum atomic E-state index is 12.3. The van der Waals surface area contributed by atoms with Crippen LogP contribution in [0.25, 0.3) is 0 Å². The lowest BCUT2D eigenvalue weighted by atomic mass is 9.92. The highest BCUT2D eigenvalue weighted by Gasteiger charge is 2.28. The molecule has 1 aliphatic rings. The van der Waals surface area contributed by atoms with Crippen molar-refractivity contribution < 1.29 is 14.6 Å². The van der Waals surface area contributed by atoms with Gasteiger partial charge in [0.25, 0.3) is 0 Å². The first-order valence-electron chi connectivity index (χ1n) is 7.47. The molecule has 1 aromatic rings. The molecular formula is C17H23NO3. The fourth-order valence-corrected chi connectivity index (χ4v) is 2.68. The second kappa shape index (κ2) is 7.84. The Bertz CT molecular complexity index is 452. The third-order valence-electron chi connectivity index (χ3n) is 3.87. The zero-order chi connectivity index (χ0) is 15.1. The van der Waals surface area contributed by atoms with E-state index >= 15 is 0 Å². The first-order valence-corrected chi connectivity index (χ1v) is 7.47. The van der Waals surface area contributed by atoms with Gasteiger partial charge < -0.3 is 14.7 Å². The number of rotatable bonds is 5. The largest absolute Gasteiger partial charge is 0.445 e. The average molecular weight is 289 g/mol. The topological polar surface area (TPSA) is 49.8 Å². The maximum Gasteiger partial charge on any atom is 0.410 e. The van der Waals surface area contributed by atoms with E-state index in [1.54, 1.807) is 11.0 Å². The number of hydrogen-bond donors (Lipinski definition) is 1. The fourth-order valence-electron chi connectivity index (χ4n) is 2.68. The van der Waals surface area contributed by atoms with Crippen molar-refractivity contribution >= 4 is 6.09 Å². The van der Waals surface area contributed by atoms with Crippen LogP contribution < -0.4 is 0 Å². The van der Waals surface area contributed by atoms with Gasteiger partial charge in [-0.25, -0.2) is 4.79 Å². The van der Waals surface area contributed by atoms with Crippen LogP contribution in [0.1, 0.15) is 31.2 Å². The molecule has 4 nitrogen and oxygen atoms in total. The van der Waals surface area contributed by atoms with Crippen molar-refractivity contribution in [1.82, 2.24) is 4.90 Å².